The van der Waals surface area contributed by atoms with Gasteiger partial charge >= 0.3 is 0 Å². The molecule has 2 nitrogen and oxygen atoms in total. The largest absolute Gasteiger partial charge is 0.550 e. The zero-order valence-corrected chi connectivity index (χ0v) is 8.00. The van der Waals surface area contributed by atoms with Crippen molar-refractivity contribution < 1.29 is 9.90 Å². The summed E-state index contributed by atoms with van der Waals surface area (Å²) in [6.07, 6.45) is 0.590. The summed E-state index contributed by atoms with van der Waals surface area (Å²) >= 11 is 3.33. The molecule has 1 rings (SSSR count). The monoisotopic (exact) mass is 227 g/mol. The van der Waals surface area contributed by atoms with Crippen molar-refractivity contribution in [2.24, 2.45) is 0 Å². The second-order valence-corrected chi connectivity index (χ2v) is 3.32. The van der Waals surface area contributed by atoms with Gasteiger partial charge in [-0.3, -0.25) is 0 Å². The van der Waals surface area contributed by atoms with E-state index in [1.807, 2.05) is 24.3 Å². The molecule has 0 spiro atoms. The molecule has 1 aromatic carbocycles. The predicted octanol–water partition coefficient (Wildman–Crippen LogP) is 1.13. The van der Waals surface area contributed by atoms with Crippen molar-refractivity contribution in [3.63, 3.8) is 0 Å². The van der Waals surface area contributed by atoms with Gasteiger partial charge in [-0.1, -0.05) is 34.1 Å². The third kappa shape index (κ3) is 2.66. The molecule has 0 N–H and O–H groups in total. The van der Waals surface area contributed by atoms with Crippen molar-refractivity contribution in [2.75, 3.05) is 0 Å². The van der Waals surface area contributed by atoms with Gasteiger partial charge in [0.15, 0.2) is 0 Å². The lowest BCUT2D eigenvalue weighted by Crippen LogP contribution is -2.22. The van der Waals surface area contributed by atoms with Gasteiger partial charge in [-0.2, -0.15) is 0 Å². The molecule has 0 bridgehead atoms. The van der Waals surface area contributed by atoms with Gasteiger partial charge in [0.1, 0.15) is 0 Å². The lowest BCUT2D eigenvalue weighted by Gasteiger charge is -2.03. The highest BCUT2D eigenvalue weighted by Crippen LogP contribution is 2.16. The maximum Gasteiger partial charge on any atom is 0.0417 e. The number of carboxylic acid groups (broad SMARTS) is 1. The fraction of sp³-hybridized carbons (Fsp3) is 0.222. The maximum absolute atomic E-state index is 10.2. The fourth-order valence-electron chi connectivity index (χ4n) is 0.938. The van der Waals surface area contributed by atoms with Crippen molar-refractivity contribution >= 4 is 21.9 Å². The minimum Gasteiger partial charge on any atom is -0.550 e. The molecule has 0 unspecified atom stereocenters. The van der Waals surface area contributed by atoms with Crippen LogP contribution < -0.4 is 5.11 Å². The first kappa shape index (κ1) is 9.26. The van der Waals surface area contributed by atoms with Crippen LogP contribution in [0.2, 0.25) is 0 Å². The normalized spacial score (nSPS) is 9.75. The van der Waals surface area contributed by atoms with Crippen LogP contribution in [0.3, 0.4) is 0 Å². The Morgan fingerprint density at radius 2 is 2.08 bits per heavy atom. The van der Waals surface area contributed by atoms with Gasteiger partial charge in [0.2, 0.25) is 0 Å². The number of aliphatic carboxylic acids is 1. The summed E-state index contributed by atoms with van der Waals surface area (Å²) in [6, 6.07) is 7.57. The van der Waals surface area contributed by atoms with Crippen LogP contribution in [0.15, 0.2) is 28.7 Å². The quantitative estimate of drug-likeness (QED) is 0.777. The van der Waals surface area contributed by atoms with Crippen LogP contribution >= 0.6 is 15.9 Å². The lowest BCUT2D eigenvalue weighted by atomic mass is 10.1. The predicted molar refractivity (Wildman–Crippen MR) is 47.5 cm³/mol. The van der Waals surface area contributed by atoms with Crippen LogP contribution in [-0.4, -0.2) is 5.97 Å². The van der Waals surface area contributed by atoms with Crippen molar-refractivity contribution in [1.82, 2.24) is 0 Å². The number of hydrogen-bond acceptors (Lipinski definition) is 2. The van der Waals surface area contributed by atoms with Crippen LogP contribution in [0.1, 0.15) is 12.0 Å². The van der Waals surface area contributed by atoms with Crippen LogP contribution in [0.25, 0.3) is 0 Å². The Labute approximate surface area is 79.3 Å². The third-order valence-corrected chi connectivity index (χ3v) is 2.33. The summed E-state index contributed by atoms with van der Waals surface area (Å²) in [5.41, 5.74) is 1.00. The van der Waals surface area contributed by atoms with E-state index in [0.29, 0.717) is 6.42 Å². The summed E-state index contributed by atoms with van der Waals surface area (Å²) in [4.78, 5) is 10.2. The van der Waals surface area contributed by atoms with Crippen LogP contribution in [0.5, 0.6) is 0 Å². The van der Waals surface area contributed by atoms with E-state index in [9.17, 15) is 9.90 Å². The Balaban J connectivity index is 2.63. The van der Waals surface area contributed by atoms with Gasteiger partial charge in [-0.15, -0.1) is 0 Å². The molecule has 0 aliphatic heterocycles. The molecule has 0 atom stereocenters. The van der Waals surface area contributed by atoms with Crippen molar-refractivity contribution in [2.45, 2.75) is 12.8 Å². The Hall–Kier alpha value is -0.830. The van der Waals surface area contributed by atoms with Crippen LogP contribution in [0.4, 0.5) is 0 Å². The highest BCUT2D eigenvalue weighted by atomic mass is 79.9. The standard InChI is InChI=1S/C9H9BrO2/c10-8-4-2-1-3-7(8)5-6-9(11)12/h1-4H,5-6H2,(H,11,12)/p-1. The molecule has 0 saturated carbocycles. The van der Waals surface area contributed by atoms with E-state index in [1.54, 1.807) is 0 Å². The Bertz CT molecular complexity index is 284. The van der Waals surface area contributed by atoms with E-state index in [2.05, 4.69) is 15.9 Å². The van der Waals surface area contributed by atoms with Gasteiger partial charge in [-0.25, -0.2) is 0 Å². The molecule has 0 radical (unpaired) electrons. The smallest absolute Gasteiger partial charge is 0.0417 e. The average Bonchev–Trinajstić information content (AvgIpc) is 2.03. The zero-order valence-electron chi connectivity index (χ0n) is 6.42. The van der Waals surface area contributed by atoms with Crippen molar-refractivity contribution in [1.29, 1.82) is 0 Å². The minimum absolute atomic E-state index is 0.0720. The van der Waals surface area contributed by atoms with E-state index < -0.39 is 5.97 Å². The summed E-state index contributed by atoms with van der Waals surface area (Å²) < 4.78 is 0.950. The van der Waals surface area contributed by atoms with Gasteiger partial charge in [0, 0.05) is 10.4 Å². The highest BCUT2D eigenvalue weighted by Gasteiger charge is 1.97. The third-order valence-electron chi connectivity index (χ3n) is 1.56. The number of halogens is 1. The molecule has 0 saturated heterocycles. The topological polar surface area (TPSA) is 40.1 Å². The number of carboxylic acids is 1. The fourth-order valence-corrected chi connectivity index (χ4v) is 1.42. The Kier molecular flexibility index (Phi) is 3.29. The van der Waals surface area contributed by atoms with Crippen LogP contribution in [0, 0.1) is 0 Å². The molecule has 0 aliphatic carbocycles. The molecular formula is C9H8BrO2-. The molecule has 0 aromatic heterocycles. The summed E-state index contributed by atoms with van der Waals surface area (Å²) in [5, 5.41) is 10.2. The Morgan fingerprint density at radius 1 is 1.42 bits per heavy atom. The van der Waals surface area contributed by atoms with Crippen molar-refractivity contribution in [3.05, 3.63) is 34.3 Å². The first-order valence-corrected chi connectivity index (χ1v) is 4.42. The zero-order chi connectivity index (χ0) is 8.97. The molecular weight excluding hydrogens is 220 g/mol. The molecule has 0 heterocycles. The van der Waals surface area contributed by atoms with Gasteiger partial charge in [0.25, 0.3) is 0 Å². The van der Waals surface area contributed by atoms with Crippen LogP contribution in [-0.2, 0) is 11.2 Å². The number of rotatable bonds is 3. The van der Waals surface area contributed by atoms with Gasteiger partial charge in [0.05, 0.1) is 0 Å². The first-order valence-electron chi connectivity index (χ1n) is 3.63. The molecule has 3 heteroatoms. The molecule has 1 aromatic rings. The maximum atomic E-state index is 10.2. The second kappa shape index (κ2) is 4.26. The van der Waals surface area contributed by atoms with Gasteiger partial charge in [-0.05, 0) is 24.5 Å². The van der Waals surface area contributed by atoms with E-state index in [4.69, 9.17) is 0 Å². The lowest BCUT2D eigenvalue weighted by molar-refractivity contribution is -0.305. The van der Waals surface area contributed by atoms with E-state index in [1.165, 1.54) is 0 Å². The molecule has 0 fully saturated rings. The number of carbonyl (C=O) groups is 1. The number of benzene rings is 1. The number of hydrogen-bond donors (Lipinski definition) is 0. The molecule has 12 heavy (non-hydrogen) atoms. The number of aryl methyl sites for hydroxylation is 1. The van der Waals surface area contributed by atoms with E-state index in [-0.39, 0.29) is 6.42 Å². The van der Waals surface area contributed by atoms with E-state index >= 15 is 0 Å². The molecule has 64 valence electrons. The summed E-state index contributed by atoms with van der Waals surface area (Å²) in [6.45, 7) is 0. The summed E-state index contributed by atoms with van der Waals surface area (Å²) in [7, 11) is 0. The average molecular weight is 228 g/mol. The SMILES string of the molecule is O=C([O-])CCc1ccccc1Br. The Morgan fingerprint density at radius 3 is 2.67 bits per heavy atom. The minimum atomic E-state index is -1.01. The molecule has 0 aliphatic rings. The second-order valence-electron chi connectivity index (χ2n) is 2.46. The molecule has 0 amide bonds. The summed E-state index contributed by atoms with van der Waals surface area (Å²) in [5.74, 6) is -1.01. The van der Waals surface area contributed by atoms with Crippen molar-refractivity contribution in [3.8, 4) is 0 Å². The first-order chi connectivity index (χ1) is 5.70. The van der Waals surface area contributed by atoms with E-state index in [0.717, 1.165) is 10.0 Å². The number of carbonyl (C=O) groups excluding carboxylic acids is 1. The highest BCUT2D eigenvalue weighted by molar-refractivity contribution is 9.10. The van der Waals surface area contributed by atoms with Gasteiger partial charge < -0.3 is 9.90 Å².